The Morgan fingerprint density at radius 2 is 2.27 bits per heavy atom. The van der Waals surface area contributed by atoms with Crippen molar-refractivity contribution in [2.75, 3.05) is 0 Å². The molecule has 15 heavy (non-hydrogen) atoms. The third-order valence-electron chi connectivity index (χ3n) is 2.06. The lowest BCUT2D eigenvalue weighted by Gasteiger charge is -2.08. The number of halogens is 1. The second kappa shape index (κ2) is 4.83. The van der Waals surface area contributed by atoms with Crippen LogP contribution in [-0.4, -0.2) is 15.3 Å². The van der Waals surface area contributed by atoms with Crippen molar-refractivity contribution in [3.8, 4) is 0 Å². The maximum atomic E-state index is 9.93. The van der Waals surface area contributed by atoms with Crippen LogP contribution in [0, 0.1) is 0 Å². The average Bonchev–Trinajstić information content (AvgIpc) is 2.66. The predicted molar refractivity (Wildman–Crippen MR) is 62.7 cm³/mol. The predicted octanol–water partition coefficient (Wildman–Crippen LogP) is 2.58. The number of aromatic nitrogens is 2. The Hall–Kier alpha value is -0.780. The van der Waals surface area contributed by atoms with Crippen molar-refractivity contribution < 1.29 is 5.11 Å². The van der Waals surface area contributed by atoms with E-state index in [1.54, 1.807) is 29.8 Å². The van der Waals surface area contributed by atoms with E-state index < -0.39 is 6.10 Å². The van der Waals surface area contributed by atoms with Crippen LogP contribution in [0.5, 0.6) is 0 Å². The highest BCUT2D eigenvalue weighted by atomic mass is 79.9. The molecular weight excluding hydrogens is 276 g/mol. The molecule has 0 bridgehead atoms. The summed E-state index contributed by atoms with van der Waals surface area (Å²) in [6.07, 6.45) is 3.26. The smallest absolute Gasteiger partial charge is 0.0854 e. The van der Waals surface area contributed by atoms with Crippen LogP contribution in [-0.2, 0) is 6.42 Å². The Labute approximate surface area is 99.9 Å². The molecule has 5 heteroatoms. The first-order valence-electron chi connectivity index (χ1n) is 4.44. The van der Waals surface area contributed by atoms with Crippen molar-refractivity contribution in [1.29, 1.82) is 0 Å². The highest BCUT2D eigenvalue weighted by Crippen LogP contribution is 2.27. The molecule has 0 spiro atoms. The van der Waals surface area contributed by atoms with Crippen molar-refractivity contribution in [3.05, 3.63) is 44.8 Å². The van der Waals surface area contributed by atoms with E-state index >= 15 is 0 Å². The van der Waals surface area contributed by atoms with E-state index in [9.17, 15) is 5.11 Å². The SMILES string of the molecule is OC(Cc1sccc1Br)c1ccnnc1. The maximum absolute atomic E-state index is 9.93. The van der Waals surface area contributed by atoms with E-state index in [0.717, 1.165) is 14.9 Å². The third-order valence-corrected chi connectivity index (χ3v) is 4.01. The number of nitrogens with zero attached hydrogens (tertiary/aromatic N) is 2. The molecule has 1 atom stereocenters. The van der Waals surface area contributed by atoms with E-state index in [4.69, 9.17) is 0 Å². The van der Waals surface area contributed by atoms with Crippen molar-refractivity contribution in [2.24, 2.45) is 0 Å². The molecule has 0 aliphatic heterocycles. The minimum absolute atomic E-state index is 0.518. The Bertz CT molecular complexity index is 432. The van der Waals surface area contributed by atoms with Gasteiger partial charge >= 0.3 is 0 Å². The zero-order valence-electron chi connectivity index (χ0n) is 7.80. The van der Waals surface area contributed by atoms with Gasteiger partial charge < -0.3 is 5.11 Å². The van der Waals surface area contributed by atoms with E-state index in [1.807, 2.05) is 11.4 Å². The van der Waals surface area contributed by atoms with Gasteiger partial charge in [-0.1, -0.05) is 0 Å². The summed E-state index contributed by atoms with van der Waals surface area (Å²) in [4.78, 5) is 1.14. The molecule has 2 aromatic rings. The van der Waals surface area contributed by atoms with Gasteiger partial charge in [-0.3, -0.25) is 0 Å². The number of aliphatic hydroxyl groups is 1. The summed E-state index contributed by atoms with van der Waals surface area (Å²) >= 11 is 5.07. The van der Waals surface area contributed by atoms with Gasteiger partial charge in [-0.25, -0.2) is 0 Å². The fourth-order valence-corrected chi connectivity index (χ4v) is 2.81. The van der Waals surface area contributed by atoms with E-state index in [2.05, 4.69) is 26.1 Å². The summed E-state index contributed by atoms with van der Waals surface area (Å²) < 4.78 is 1.05. The molecule has 0 fully saturated rings. The van der Waals surface area contributed by atoms with Crippen LogP contribution in [0.4, 0.5) is 0 Å². The largest absolute Gasteiger partial charge is 0.388 e. The summed E-state index contributed by atoms with van der Waals surface area (Å²) in [5.74, 6) is 0. The first kappa shape index (κ1) is 10.7. The van der Waals surface area contributed by atoms with E-state index in [1.165, 1.54) is 0 Å². The molecule has 1 N–H and O–H groups in total. The summed E-state index contributed by atoms with van der Waals surface area (Å²) in [5, 5.41) is 19.3. The fraction of sp³-hybridized carbons (Fsp3) is 0.200. The van der Waals surface area contributed by atoms with Crippen LogP contribution in [0.3, 0.4) is 0 Å². The minimum Gasteiger partial charge on any atom is -0.388 e. The Kier molecular flexibility index (Phi) is 3.45. The maximum Gasteiger partial charge on any atom is 0.0854 e. The molecule has 1 unspecified atom stereocenters. The molecule has 0 aliphatic carbocycles. The molecule has 0 amide bonds. The Morgan fingerprint density at radius 3 is 2.87 bits per heavy atom. The van der Waals surface area contributed by atoms with Crippen molar-refractivity contribution in [2.45, 2.75) is 12.5 Å². The number of hydrogen-bond donors (Lipinski definition) is 1. The van der Waals surface area contributed by atoms with Gasteiger partial charge in [0.15, 0.2) is 0 Å². The molecule has 3 nitrogen and oxygen atoms in total. The van der Waals surface area contributed by atoms with Crippen molar-refractivity contribution in [3.63, 3.8) is 0 Å². The molecule has 0 saturated carbocycles. The van der Waals surface area contributed by atoms with Gasteiger partial charge in [0.05, 0.1) is 12.3 Å². The van der Waals surface area contributed by atoms with E-state index in [-0.39, 0.29) is 0 Å². The van der Waals surface area contributed by atoms with Gasteiger partial charge in [-0.2, -0.15) is 10.2 Å². The van der Waals surface area contributed by atoms with Gasteiger partial charge in [-0.15, -0.1) is 11.3 Å². The van der Waals surface area contributed by atoms with Crippen LogP contribution in [0.25, 0.3) is 0 Å². The van der Waals surface area contributed by atoms with Crippen molar-refractivity contribution in [1.82, 2.24) is 10.2 Å². The van der Waals surface area contributed by atoms with Crippen LogP contribution in [0.2, 0.25) is 0 Å². The van der Waals surface area contributed by atoms with Gasteiger partial charge in [0.2, 0.25) is 0 Å². The zero-order valence-corrected chi connectivity index (χ0v) is 10.2. The molecule has 2 rings (SSSR count). The molecule has 78 valence electrons. The molecule has 0 aliphatic rings. The molecule has 2 heterocycles. The van der Waals surface area contributed by atoms with Crippen LogP contribution < -0.4 is 0 Å². The van der Waals surface area contributed by atoms with Crippen molar-refractivity contribution >= 4 is 27.3 Å². The van der Waals surface area contributed by atoms with Gasteiger partial charge in [-0.05, 0) is 33.4 Å². The van der Waals surface area contributed by atoms with Crippen LogP contribution >= 0.6 is 27.3 Å². The quantitative estimate of drug-likeness (QED) is 0.942. The molecule has 0 aromatic carbocycles. The fourth-order valence-electron chi connectivity index (χ4n) is 1.26. The van der Waals surface area contributed by atoms with Gasteiger partial charge in [0.25, 0.3) is 0 Å². The topological polar surface area (TPSA) is 46.0 Å². The first-order chi connectivity index (χ1) is 7.27. The molecule has 2 aromatic heterocycles. The lowest BCUT2D eigenvalue weighted by Crippen LogP contribution is -2.01. The first-order valence-corrected chi connectivity index (χ1v) is 6.11. The lowest BCUT2D eigenvalue weighted by atomic mass is 10.1. The summed E-state index contributed by atoms with van der Waals surface area (Å²) in [7, 11) is 0. The van der Waals surface area contributed by atoms with Gasteiger partial charge in [0.1, 0.15) is 0 Å². The van der Waals surface area contributed by atoms with Gasteiger partial charge in [0, 0.05) is 27.5 Å². The highest BCUT2D eigenvalue weighted by Gasteiger charge is 2.11. The highest BCUT2D eigenvalue weighted by molar-refractivity contribution is 9.10. The lowest BCUT2D eigenvalue weighted by molar-refractivity contribution is 0.178. The van der Waals surface area contributed by atoms with Crippen LogP contribution in [0.1, 0.15) is 16.5 Å². The second-order valence-corrected chi connectivity index (χ2v) is 4.94. The standard InChI is InChI=1S/C10H9BrN2OS/c11-8-2-4-15-10(8)5-9(14)7-1-3-12-13-6-7/h1-4,6,9,14H,5H2. The monoisotopic (exact) mass is 284 g/mol. The van der Waals surface area contributed by atoms with Crippen LogP contribution in [0.15, 0.2) is 34.4 Å². The minimum atomic E-state index is -0.518. The number of thiophene rings is 1. The number of aliphatic hydroxyl groups excluding tert-OH is 1. The average molecular weight is 285 g/mol. The zero-order chi connectivity index (χ0) is 10.7. The third kappa shape index (κ3) is 2.62. The Morgan fingerprint density at radius 1 is 1.40 bits per heavy atom. The normalized spacial score (nSPS) is 12.7. The summed E-state index contributed by atoms with van der Waals surface area (Å²) in [6.45, 7) is 0. The summed E-state index contributed by atoms with van der Waals surface area (Å²) in [6, 6.07) is 3.76. The molecular formula is C10H9BrN2OS. The Balaban J connectivity index is 2.11. The molecule has 0 radical (unpaired) electrons. The number of hydrogen-bond acceptors (Lipinski definition) is 4. The second-order valence-electron chi connectivity index (χ2n) is 3.09. The molecule has 0 saturated heterocycles. The number of rotatable bonds is 3. The van der Waals surface area contributed by atoms with E-state index in [0.29, 0.717) is 6.42 Å². The summed E-state index contributed by atoms with van der Waals surface area (Å²) in [5.41, 5.74) is 0.797.